The van der Waals surface area contributed by atoms with Crippen molar-refractivity contribution in [3.05, 3.63) is 60.4 Å². The van der Waals surface area contributed by atoms with Gasteiger partial charge < -0.3 is 10.4 Å². The molecule has 3 N–H and O–H groups in total. The molecule has 0 saturated carbocycles. The predicted octanol–water partition coefficient (Wildman–Crippen LogP) is 2.79. The van der Waals surface area contributed by atoms with Gasteiger partial charge >= 0.3 is 0 Å². The number of H-pyrrole nitrogens is 1. The summed E-state index contributed by atoms with van der Waals surface area (Å²) in [4.78, 5) is 4.13. The molecule has 100 valence electrons. The second kappa shape index (κ2) is 5.44. The van der Waals surface area contributed by atoms with E-state index in [1.807, 2.05) is 36.4 Å². The van der Waals surface area contributed by atoms with Crippen LogP contribution < -0.4 is 5.32 Å². The summed E-state index contributed by atoms with van der Waals surface area (Å²) in [6, 6.07) is 15.1. The largest absolute Gasteiger partial charge is 0.508 e. The molecule has 20 heavy (non-hydrogen) atoms. The Hall–Kier alpha value is -2.82. The maximum Gasteiger partial charge on any atom is 0.155 e. The molecule has 1 heterocycles. The van der Waals surface area contributed by atoms with Gasteiger partial charge in [0.25, 0.3) is 0 Å². The van der Waals surface area contributed by atoms with Crippen molar-refractivity contribution in [2.45, 2.75) is 6.54 Å². The summed E-state index contributed by atoms with van der Waals surface area (Å²) < 4.78 is 0. The van der Waals surface area contributed by atoms with Crippen LogP contribution in [0.5, 0.6) is 5.75 Å². The third-order valence-corrected chi connectivity index (χ3v) is 2.98. The molecule has 0 aliphatic heterocycles. The minimum absolute atomic E-state index is 0.279. The van der Waals surface area contributed by atoms with Gasteiger partial charge in [0, 0.05) is 17.8 Å². The first-order valence-corrected chi connectivity index (χ1v) is 6.29. The number of phenols is 1. The van der Waals surface area contributed by atoms with Crippen LogP contribution in [0.25, 0.3) is 11.4 Å². The summed E-state index contributed by atoms with van der Waals surface area (Å²) in [5.41, 5.74) is 3.10. The number of rotatable bonds is 4. The number of phenolic OH excluding ortho intramolecular Hbond substituents is 1. The van der Waals surface area contributed by atoms with Crippen molar-refractivity contribution >= 4 is 5.69 Å². The van der Waals surface area contributed by atoms with E-state index >= 15 is 0 Å². The second-order valence-electron chi connectivity index (χ2n) is 4.43. The first-order chi connectivity index (χ1) is 9.81. The topological polar surface area (TPSA) is 73.8 Å². The molecule has 0 aliphatic carbocycles. The Balaban J connectivity index is 1.72. The molecule has 5 nitrogen and oxygen atoms in total. The molecule has 0 atom stereocenters. The van der Waals surface area contributed by atoms with E-state index in [4.69, 9.17) is 0 Å². The lowest BCUT2D eigenvalue weighted by molar-refractivity contribution is 0.475. The number of hydrogen-bond donors (Lipinski definition) is 3. The Morgan fingerprint density at radius 2 is 1.95 bits per heavy atom. The van der Waals surface area contributed by atoms with E-state index in [0.29, 0.717) is 6.54 Å². The van der Waals surface area contributed by atoms with E-state index in [1.165, 1.54) is 6.33 Å². The van der Waals surface area contributed by atoms with Crippen molar-refractivity contribution < 1.29 is 5.11 Å². The van der Waals surface area contributed by atoms with Gasteiger partial charge in [0.15, 0.2) is 5.82 Å². The van der Waals surface area contributed by atoms with Crippen LogP contribution in [-0.4, -0.2) is 20.3 Å². The van der Waals surface area contributed by atoms with Crippen molar-refractivity contribution in [2.24, 2.45) is 0 Å². The molecule has 0 unspecified atom stereocenters. The van der Waals surface area contributed by atoms with Crippen molar-refractivity contribution in [1.29, 1.82) is 0 Å². The molecule has 3 rings (SSSR count). The highest BCUT2D eigenvalue weighted by Gasteiger charge is 2.01. The number of nitrogens with one attached hydrogen (secondary N) is 2. The van der Waals surface area contributed by atoms with E-state index in [-0.39, 0.29) is 5.75 Å². The molecule has 0 saturated heterocycles. The summed E-state index contributed by atoms with van der Waals surface area (Å²) in [6.07, 6.45) is 1.49. The molecule has 1 aromatic heterocycles. The van der Waals surface area contributed by atoms with Gasteiger partial charge in [0.05, 0.1) is 0 Å². The highest BCUT2D eigenvalue weighted by Crippen LogP contribution is 2.19. The van der Waals surface area contributed by atoms with Gasteiger partial charge in [-0.15, -0.1) is 0 Å². The number of benzene rings is 2. The van der Waals surface area contributed by atoms with Gasteiger partial charge in [0.2, 0.25) is 0 Å². The van der Waals surface area contributed by atoms with Crippen LogP contribution in [0.3, 0.4) is 0 Å². The molecule has 0 amide bonds. The van der Waals surface area contributed by atoms with E-state index in [9.17, 15) is 5.11 Å². The third-order valence-electron chi connectivity index (χ3n) is 2.98. The zero-order valence-corrected chi connectivity index (χ0v) is 10.7. The molecule has 5 heteroatoms. The summed E-state index contributed by atoms with van der Waals surface area (Å²) in [7, 11) is 0. The predicted molar refractivity (Wildman–Crippen MR) is 77.3 cm³/mol. The normalized spacial score (nSPS) is 10.4. The molecule has 0 aliphatic rings. The quantitative estimate of drug-likeness (QED) is 0.679. The van der Waals surface area contributed by atoms with Crippen molar-refractivity contribution in [3.8, 4) is 17.1 Å². The lowest BCUT2D eigenvalue weighted by Gasteiger charge is -2.07. The lowest BCUT2D eigenvalue weighted by atomic mass is 10.1. The number of nitrogens with zero attached hydrogens (tertiary/aromatic N) is 2. The summed E-state index contributed by atoms with van der Waals surface area (Å²) in [5.74, 6) is 1.03. The molecule has 0 spiro atoms. The van der Waals surface area contributed by atoms with Gasteiger partial charge in [0.1, 0.15) is 12.1 Å². The minimum Gasteiger partial charge on any atom is -0.508 e. The Labute approximate surface area is 116 Å². The van der Waals surface area contributed by atoms with Crippen LogP contribution in [0.4, 0.5) is 5.69 Å². The monoisotopic (exact) mass is 266 g/mol. The Morgan fingerprint density at radius 3 is 2.70 bits per heavy atom. The fourth-order valence-corrected chi connectivity index (χ4v) is 1.94. The van der Waals surface area contributed by atoms with Crippen LogP contribution in [-0.2, 0) is 6.54 Å². The number of aromatic amines is 1. The standard InChI is InChI=1S/C15H14N4O/c20-14-6-4-11(5-7-14)9-16-13-3-1-2-12(8-13)15-17-10-18-19-15/h1-8,10,16,20H,9H2,(H,17,18,19). The second-order valence-corrected chi connectivity index (χ2v) is 4.43. The highest BCUT2D eigenvalue weighted by atomic mass is 16.3. The summed E-state index contributed by atoms with van der Waals surface area (Å²) in [6.45, 7) is 0.695. The van der Waals surface area contributed by atoms with Gasteiger partial charge in [-0.3, -0.25) is 5.10 Å². The van der Waals surface area contributed by atoms with Gasteiger partial charge in [-0.05, 0) is 29.8 Å². The van der Waals surface area contributed by atoms with Gasteiger partial charge in [-0.2, -0.15) is 5.10 Å². The molecule has 2 aromatic carbocycles. The number of aromatic nitrogens is 3. The van der Waals surface area contributed by atoms with E-state index < -0.39 is 0 Å². The van der Waals surface area contributed by atoms with E-state index in [2.05, 4.69) is 20.5 Å². The molecular weight excluding hydrogens is 252 g/mol. The van der Waals surface area contributed by atoms with E-state index in [0.717, 1.165) is 22.6 Å². The minimum atomic E-state index is 0.279. The van der Waals surface area contributed by atoms with Crippen LogP contribution in [0.15, 0.2) is 54.9 Å². The zero-order chi connectivity index (χ0) is 13.8. The average molecular weight is 266 g/mol. The maximum atomic E-state index is 9.25. The average Bonchev–Trinajstić information content (AvgIpc) is 3.01. The number of anilines is 1. The summed E-state index contributed by atoms with van der Waals surface area (Å²) in [5, 5.41) is 19.3. The van der Waals surface area contributed by atoms with E-state index in [1.54, 1.807) is 12.1 Å². The Bertz CT molecular complexity index is 677. The molecule has 0 fully saturated rings. The SMILES string of the molecule is Oc1ccc(CNc2cccc(-c3ncn[nH]3)c2)cc1. The summed E-state index contributed by atoms with van der Waals surface area (Å²) >= 11 is 0. The molecule has 0 radical (unpaired) electrons. The number of hydrogen-bond acceptors (Lipinski definition) is 4. The van der Waals surface area contributed by atoms with Crippen LogP contribution in [0.2, 0.25) is 0 Å². The molecule has 3 aromatic rings. The zero-order valence-electron chi connectivity index (χ0n) is 10.7. The Morgan fingerprint density at radius 1 is 1.10 bits per heavy atom. The third kappa shape index (κ3) is 2.77. The molecular formula is C15H14N4O. The first-order valence-electron chi connectivity index (χ1n) is 6.29. The Kier molecular flexibility index (Phi) is 3.33. The van der Waals surface area contributed by atoms with Crippen molar-refractivity contribution in [2.75, 3.05) is 5.32 Å². The van der Waals surface area contributed by atoms with Crippen LogP contribution in [0, 0.1) is 0 Å². The smallest absolute Gasteiger partial charge is 0.155 e. The number of aromatic hydroxyl groups is 1. The lowest BCUT2D eigenvalue weighted by Crippen LogP contribution is -1.99. The fraction of sp³-hybridized carbons (Fsp3) is 0.0667. The first kappa shape index (κ1) is 12.2. The van der Waals surface area contributed by atoms with Crippen LogP contribution >= 0.6 is 0 Å². The fourth-order valence-electron chi connectivity index (χ4n) is 1.94. The van der Waals surface area contributed by atoms with Gasteiger partial charge in [-0.25, -0.2) is 4.98 Å². The maximum absolute atomic E-state index is 9.25. The molecule has 0 bridgehead atoms. The van der Waals surface area contributed by atoms with Crippen LogP contribution in [0.1, 0.15) is 5.56 Å². The van der Waals surface area contributed by atoms with Gasteiger partial charge in [-0.1, -0.05) is 24.3 Å². The van der Waals surface area contributed by atoms with Crippen molar-refractivity contribution in [3.63, 3.8) is 0 Å². The highest BCUT2D eigenvalue weighted by molar-refractivity contribution is 5.62. The van der Waals surface area contributed by atoms with Crippen molar-refractivity contribution in [1.82, 2.24) is 15.2 Å².